The van der Waals surface area contributed by atoms with Crippen LogP contribution in [0.5, 0.6) is 0 Å². The van der Waals surface area contributed by atoms with Crippen LogP contribution in [-0.2, 0) is 18.9 Å². The lowest BCUT2D eigenvalue weighted by atomic mass is 10.4. The summed E-state index contributed by atoms with van der Waals surface area (Å²) in [5.41, 5.74) is 0. The maximum absolute atomic E-state index is 5.57. The van der Waals surface area contributed by atoms with Crippen molar-refractivity contribution in [1.82, 2.24) is 5.32 Å². The molecule has 0 fully saturated rings. The molecule has 1 aromatic rings. The fourth-order valence-corrected chi connectivity index (χ4v) is 4.16. The number of benzene rings is 1. The fraction of sp³-hybridized carbons (Fsp3) is 0.375. The molecule has 0 atom stereocenters. The molecule has 5 nitrogen and oxygen atoms in total. The molecule has 0 aliphatic carbocycles. The average Bonchev–Trinajstić information content (AvgIpc) is 2.56. The van der Waals surface area contributed by atoms with E-state index < -0.39 is 8.56 Å². The van der Waals surface area contributed by atoms with E-state index in [0.717, 1.165) is 18.2 Å². The molecular formula is C16H21NO4Si. The Labute approximate surface area is 133 Å². The van der Waals surface area contributed by atoms with Crippen LogP contribution in [0.25, 0.3) is 0 Å². The molecule has 0 amide bonds. The molecule has 0 heterocycles. The molecule has 0 saturated heterocycles. The van der Waals surface area contributed by atoms with Gasteiger partial charge in [0.1, 0.15) is 0 Å². The summed E-state index contributed by atoms with van der Waals surface area (Å²) in [5.74, 6) is 5.23. The van der Waals surface area contributed by atoms with E-state index in [2.05, 4.69) is 29.4 Å². The van der Waals surface area contributed by atoms with Gasteiger partial charge in [0.15, 0.2) is 12.2 Å². The number of rotatable bonds is 9. The zero-order valence-electron chi connectivity index (χ0n) is 13.1. The maximum atomic E-state index is 5.57. The minimum atomic E-state index is -2.97. The van der Waals surface area contributed by atoms with Crippen LogP contribution in [0.15, 0.2) is 30.3 Å². The summed E-state index contributed by atoms with van der Waals surface area (Å²) >= 11 is 0. The van der Waals surface area contributed by atoms with Crippen LogP contribution in [0.2, 0.25) is 6.04 Å². The Kier molecular flexibility index (Phi) is 8.81. The first-order chi connectivity index (χ1) is 10.8. The summed E-state index contributed by atoms with van der Waals surface area (Å²) in [6, 6.07) is 10.2. The highest BCUT2D eigenvalue weighted by atomic mass is 28.4. The Balaban J connectivity index is 3.01. The minimum absolute atomic E-state index is 0.634. The van der Waals surface area contributed by atoms with E-state index in [1.54, 1.807) is 13.8 Å². The van der Waals surface area contributed by atoms with Crippen LogP contribution in [0.4, 0.5) is 0 Å². The quantitative estimate of drug-likeness (QED) is 0.247. The smallest absolute Gasteiger partial charge is 0.320 e. The maximum Gasteiger partial charge on any atom is 0.473 e. The van der Waals surface area contributed by atoms with Crippen molar-refractivity contribution in [1.29, 1.82) is 0 Å². The van der Waals surface area contributed by atoms with Crippen molar-refractivity contribution < 1.29 is 18.9 Å². The van der Waals surface area contributed by atoms with Crippen molar-refractivity contribution in [3.63, 3.8) is 0 Å². The molecule has 0 aliphatic heterocycles. The fourth-order valence-electron chi connectivity index (χ4n) is 1.79. The van der Waals surface area contributed by atoms with E-state index in [-0.39, 0.29) is 0 Å². The second kappa shape index (κ2) is 10.7. The van der Waals surface area contributed by atoms with Gasteiger partial charge in [-0.25, -0.2) is 0 Å². The summed E-state index contributed by atoms with van der Waals surface area (Å²) in [6.45, 7) is 4.15. The van der Waals surface area contributed by atoms with Gasteiger partial charge in [-0.2, -0.15) is 9.15 Å². The van der Waals surface area contributed by atoms with Crippen molar-refractivity contribution in [2.45, 2.75) is 26.3 Å². The van der Waals surface area contributed by atoms with Gasteiger partial charge in [0.25, 0.3) is 0 Å². The third-order valence-electron chi connectivity index (χ3n) is 2.79. The monoisotopic (exact) mass is 319 g/mol. The van der Waals surface area contributed by atoms with Crippen LogP contribution in [-0.4, -0.2) is 22.2 Å². The molecule has 0 saturated carbocycles. The lowest BCUT2D eigenvalue weighted by Gasteiger charge is -2.25. The normalized spacial score (nSPS) is 9.95. The van der Waals surface area contributed by atoms with Crippen LogP contribution < -0.4 is 10.5 Å². The minimum Gasteiger partial charge on any atom is -0.320 e. The molecule has 0 bridgehead atoms. The van der Waals surface area contributed by atoms with Gasteiger partial charge in [0.2, 0.25) is 0 Å². The van der Waals surface area contributed by atoms with Crippen molar-refractivity contribution in [2.75, 3.05) is 13.6 Å². The van der Waals surface area contributed by atoms with E-state index >= 15 is 0 Å². The molecule has 0 aliphatic rings. The predicted molar refractivity (Wildman–Crippen MR) is 86.4 cm³/mol. The van der Waals surface area contributed by atoms with Gasteiger partial charge >= 0.3 is 8.56 Å². The highest BCUT2D eigenvalue weighted by molar-refractivity contribution is 6.80. The highest BCUT2D eigenvalue weighted by Crippen LogP contribution is 2.17. The van der Waals surface area contributed by atoms with Gasteiger partial charge in [-0.15, -0.1) is 0 Å². The lowest BCUT2D eigenvalue weighted by molar-refractivity contribution is -0.228. The van der Waals surface area contributed by atoms with Crippen LogP contribution in [0, 0.1) is 24.1 Å². The molecule has 0 unspecified atom stereocenters. The Morgan fingerprint density at radius 3 is 2.09 bits per heavy atom. The van der Waals surface area contributed by atoms with Crippen molar-refractivity contribution in [2.24, 2.45) is 0 Å². The second-order valence-corrected chi connectivity index (χ2v) is 7.28. The van der Waals surface area contributed by atoms with Gasteiger partial charge in [-0.3, -0.25) is 9.78 Å². The molecule has 0 spiro atoms. The molecule has 1 N–H and O–H groups in total. The number of nitrogens with one attached hydrogen (secondary N) is 1. The molecule has 1 aromatic carbocycles. The van der Waals surface area contributed by atoms with Crippen molar-refractivity contribution in [3.05, 3.63) is 30.3 Å². The largest absolute Gasteiger partial charge is 0.473 e. The van der Waals surface area contributed by atoms with E-state index in [4.69, 9.17) is 18.9 Å². The first-order valence-electron chi connectivity index (χ1n) is 7.02. The standard InChI is InChI=1S/C16H21NO4Si/c1-4-13-18-20-22(15-9-12-17-3,21-19-14-5-2)16-10-7-6-8-11-16/h6-8,10-11,17H,9,12,15H2,1-3H3. The van der Waals surface area contributed by atoms with Gasteiger partial charge in [-0.1, -0.05) is 42.2 Å². The van der Waals surface area contributed by atoms with Gasteiger partial charge in [-0.05, 0) is 25.2 Å². The Morgan fingerprint density at radius 1 is 1.00 bits per heavy atom. The summed E-state index contributed by atoms with van der Waals surface area (Å²) in [6.07, 6.45) is 5.70. The Hall–Kier alpha value is -1.96. The first kappa shape index (κ1) is 18.1. The number of hydrogen-bond donors (Lipinski definition) is 1. The molecule has 0 aromatic heterocycles. The summed E-state index contributed by atoms with van der Waals surface area (Å²) in [5, 5.41) is 3.99. The van der Waals surface area contributed by atoms with Crippen LogP contribution >= 0.6 is 0 Å². The molecule has 118 valence electrons. The molecule has 0 radical (unpaired) electrons. The zero-order valence-corrected chi connectivity index (χ0v) is 14.1. The van der Waals surface area contributed by atoms with Crippen molar-refractivity contribution in [3.8, 4) is 24.1 Å². The molecular weight excluding hydrogens is 298 g/mol. The topological polar surface area (TPSA) is 49.0 Å². The molecule has 22 heavy (non-hydrogen) atoms. The van der Waals surface area contributed by atoms with E-state index in [0.29, 0.717) is 6.04 Å². The molecule has 1 rings (SSSR count). The van der Waals surface area contributed by atoms with Gasteiger partial charge in [0.05, 0.1) is 0 Å². The highest BCUT2D eigenvalue weighted by Gasteiger charge is 2.45. The second-order valence-electron chi connectivity index (χ2n) is 4.36. The summed E-state index contributed by atoms with van der Waals surface area (Å²) < 4.78 is 11.1. The van der Waals surface area contributed by atoms with Gasteiger partial charge < -0.3 is 5.32 Å². The summed E-state index contributed by atoms with van der Waals surface area (Å²) in [4.78, 5) is 9.98. The third kappa shape index (κ3) is 5.80. The zero-order chi connectivity index (χ0) is 16.1. The lowest BCUT2D eigenvalue weighted by Crippen LogP contribution is -2.53. The van der Waals surface area contributed by atoms with Crippen LogP contribution in [0.1, 0.15) is 20.3 Å². The Bertz CT molecular complexity index is 518. The number of hydrogen-bond acceptors (Lipinski definition) is 5. The Morgan fingerprint density at radius 2 is 1.59 bits per heavy atom. The third-order valence-corrected chi connectivity index (χ3v) is 5.72. The van der Waals surface area contributed by atoms with E-state index in [9.17, 15) is 0 Å². The van der Waals surface area contributed by atoms with E-state index in [1.807, 2.05) is 37.4 Å². The predicted octanol–water partition coefficient (Wildman–Crippen LogP) is 1.80. The molecule has 6 heteroatoms. The van der Waals surface area contributed by atoms with E-state index in [1.165, 1.54) is 0 Å². The average molecular weight is 319 g/mol. The first-order valence-corrected chi connectivity index (χ1v) is 9.04. The summed E-state index contributed by atoms with van der Waals surface area (Å²) in [7, 11) is -1.08. The SMILES string of the molecule is CC#COO[Si](CCCNC)(OOC#CC)c1ccccc1. The van der Waals surface area contributed by atoms with Crippen molar-refractivity contribution >= 4 is 13.7 Å². The van der Waals surface area contributed by atoms with Crippen LogP contribution in [0.3, 0.4) is 0 Å². The van der Waals surface area contributed by atoms with Gasteiger partial charge in [0, 0.05) is 19.9 Å².